The van der Waals surface area contributed by atoms with Gasteiger partial charge in [-0.2, -0.15) is 0 Å². The maximum atomic E-state index is 3.31. The van der Waals surface area contributed by atoms with Crippen molar-refractivity contribution in [3.63, 3.8) is 0 Å². The lowest BCUT2D eigenvalue weighted by Gasteiger charge is -2.24. The number of benzene rings is 2. The maximum Gasteiger partial charge on any atom is 0.141 e. The summed E-state index contributed by atoms with van der Waals surface area (Å²) in [7, 11) is 0. The molecule has 2 aromatic rings. The van der Waals surface area contributed by atoms with Gasteiger partial charge in [-0.05, 0) is 25.0 Å². The summed E-state index contributed by atoms with van der Waals surface area (Å²) in [5.74, 6) is 12.7. The molecule has 0 saturated heterocycles. The van der Waals surface area contributed by atoms with Gasteiger partial charge in [0.05, 0.1) is 0 Å². The van der Waals surface area contributed by atoms with E-state index in [1.165, 1.54) is 0 Å². The van der Waals surface area contributed by atoms with Gasteiger partial charge < -0.3 is 0 Å². The first-order valence-corrected chi connectivity index (χ1v) is 6.32. The summed E-state index contributed by atoms with van der Waals surface area (Å²) in [5, 5.41) is 0. The third-order valence-corrected chi connectivity index (χ3v) is 3.04. The minimum atomic E-state index is -0.536. The van der Waals surface area contributed by atoms with Crippen LogP contribution in [0.15, 0.2) is 60.7 Å². The molecular weight excluding hydrogens is 228 g/mol. The summed E-state index contributed by atoms with van der Waals surface area (Å²) in [6.07, 6.45) is 0. The zero-order chi connectivity index (χ0) is 13.6. The smallest absolute Gasteiger partial charge is 0.104 e. The molecule has 0 spiro atoms. The summed E-state index contributed by atoms with van der Waals surface area (Å²) in [6, 6.07) is 20.5. The molecule has 92 valence electrons. The second-order valence-electron chi connectivity index (χ2n) is 4.23. The van der Waals surface area contributed by atoms with E-state index in [0.717, 1.165) is 11.1 Å². The summed E-state index contributed by atoms with van der Waals surface area (Å²) < 4.78 is 0. The molecule has 0 nitrogen and oxygen atoms in total. The highest BCUT2D eigenvalue weighted by Gasteiger charge is 2.29. The zero-order valence-electron chi connectivity index (χ0n) is 11.3. The van der Waals surface area contributed by atoms with Gasteiger partial charge in [0.2, 0.25) is 0 Å². The number of hydrogen-bond acceptors (Lipinski definition) is 0. The fourth-order valence-electron chi connectivity index (χ4n) is 2.24. The molecule has 0 heteroatoms. The van der Waals surface area contributed by atoms with Crippen LogP contribution in [0.1, 0.15) is 25.0 Å². The quantitative estimate of drug-likeness (QED) is 0.700. The van der Waals surface area contributed by atoms with E-state index in [4.69, 9.17) is 0 Å². The van der Waals surface area contributed by atoms with Crippen LogP contribution < -0.4 is 0 Å². The van der Waals surface area contributed by atoms with E-state index in [1.54, 1.807) is 0 Å². The summed E-state index contributed by atoms with van der Waals surface area (Å²) in [6.45, 7) is 3.72. The molecule has 0 aliphatic carbocycles. The van der Waals surface area contributed by atoms with E-state index < -0.39 is 5.41 Å². The fourth-order valence-corrected chi connectivity index (χ4v) is 2.24. The summed E-state index contributed by atoms with van der Waals surface area (Å²) in [5.41, 5.74) is 1.70. The van der Waals surface area contributed by atoms with E-state index in [1.807, 2.05) is 50.2 Å². The number of rotatable bonds is 2. The molecule has 19 heavy (non-hydrogen) atoms. The predicted octanol–water partition coefficient (Wildman–Crippen LogP) is 4.02. The molecule has 0 fully saturated rings. The van der Waals surface area contributed by atoms with Gasteiger partial charge in [0, 0.05) is 0 Å². The largest absolute Gasteiger partial charge is 0.141 e. The minimum absolute atomic E-state index is 0.536. The molecule has 0 radical (unpaired) electrons. The molecular formula is C19H16. The Morgan fingerprint density at radius 1 is 0.632 bits per heavy atom. The van der Waals surface area contributed by atoms with Crippen LogP contribution in [0.3, 0.4) is 0 Å². The molecule has 0 atom stereocenters. The topological polar surface area (TPSA) is 0 Å². The lowest BCUT2D eigenvalue weighted by molar-refractivity contribution is 0.881. The van der Waals surface area contributed by atoms with Crippen molar-refractivity contribution in [2.45, 2.75) is 19.3 Å². The van der Waals surface area contributed by atoms with Gasteiger partial charge >= 0.3 is 0 Å². The Bertz CT molecular complexity index is 582. The SMILES string of the molecule is CC#CC(C#CC)(c1ccccc1)c1ccccc1. The van der Waals surface area contributed by atoms with Crippen LogP contribution >= 0.6 is 0 Å². The monoisotopic (exact) mass is 244 g/mol. The Morgan fingerprint density at radius 3 is 1.32 bits per heavy atom. The molecule has 0 heterocycles. The number of hydrogen-bond donors (Lipinski definition) is 0. The predicted molar refractivity (Wildman–Crippen MR) is 80.6 cm³/mol. The van der Waals surface area contributed by atoms with Gasteiger partial charge in [-0.1, -0.05) is 72.5 Å². The second-order valence-corrected chi connectivity index (χ2v) is 4.23. The summed E-state index contributed by atoms with van der Waals surface area (Å²) in [4.78, 5) is 0. The first-order valence-electron chi connectivity index (χ1n) is 6.32. The molecule has 0 bridgehead atoms. The third kappa shape index (κ3) is 2.54. The molecule has 0 amide bonds. The highest BCUT2D eigenvalue weighted by Crippen LogP contribution is 2.31. The highest BCUT2D eigenvalue weighted by molar-refractivity contribution is 5.56. The minimum Gasteiger partial charge on any atom is -0.104 e. The molecule has 0 unspecified atom stereocenters. The van der Waals surface area contributed by atoms with Crippen molar-refractivity contribution in [1.82, 2.24) is 0 Å². The van der Waals surface area contributed by atoms with Crippen LogP contribution in [0.2, 0.25) is 0 Å². The van der Waals surface area contributed by atoms with Crippen molar-refractivity contribution < 1.29 is 0 Å². The Balaban J connectivity index is 2.73. The van der Waals surface area contributed by atoms with E-state index >= 15 is 0 Å². The van der Waals surface area contributed by atoms with Crippen molar-refractivity contribution in [2.75, 3.05) is 0 Å². The van der Waals surface area contributed by atoms with Crippen molar-refractivity contribution in [3.05, 3.63) is 71.8 Å². The highest BCUT2D eigenvalue weighted by atomic mass is 14.3. The van der Waals surface area contributed by atoms with Crippen LogP contribution in [0.25, 0.3) is 0 Å². The Morgan fingerprint density at radius 2 is 1.00 bits per heavy atom. The zero-order valence-corrected chi connectivity index (χ0v) is 11.3. The Hall–Kier alpha value is -2.44. The third-order valence-electron chi connectivity index (χ3n) is 3.04. The molecule has 0 aromatic heterocycles. The Labute approximate surface area is 115 Å². The standard InChI is InChI=1S/C19H16/c1-3-15-19(16-4-2,17-11-7-5-8-12-17)18-13-9-6-10-14-18/h5-14H,1-2H3. The maximum absolute atomic E-state index is 3.31. The van der Waals surface area contributed by atoms with E-state index in [9.17, 15) is 0 Å². The first-order chi connectivity index (χ1) is 9.33. The van der Waals surface area contributed by atoms with Crippen molar-refractivity contribution >= 4 is 0 Å². The van der Waals surface area contributed by atoms with E-state index in [-0.39, 0.29) is 0 Å². The average Bonchev–Trinajstić information content (AvgIpc) is 2.49. The van der Waals surface area contributed by atoms with E-state index in [0.29, 0.717) is 0 Å². The lowest BCUT2D eigenvalue weighted by atomic mass is 9.75. The molecule has 0 aliphatic heterocycles. The van der Waals surface area contributed by atoms with Crippen molar-refractivity contribution in [1.29, 1.82) is 0 Å². The van der Waals surface area contributed by atoms with Crippen LogP contribution in [-0.4, -0.2) is 0 Å². The van der Waals surface area contributed by atoms with Crippen LogP contribution in [-0.2, 0) is 5.41 Å². The second kappa shape index (κ2) is 5.94. The van der Waals surface area contributed by atoms with Crippen LogP contribution in [0, 0.1) is 23.7 Å². The van der Waals surface area contributed by atoms with Crippen LogP contribution in [0.5, 0.6) is 0 Å². The lowest BCUT2D eigenvalue weighted by Crippen LogP contribution is -2.23. The fraction of sp³-hybridized carbons (Fsp3) is 0.158. The average molecular weight is 244 g/mol. The van der Waals surface area contributed by atoms with Gasteiger partial charge in [0.15, 0.2) is 0 Å². The Kier molecular flexibility index (Phi) is 4.07. The van der Waals surface area contributed by atoms with Gasteiger partial charge in [0.25, 0.3) is 0 Å². The summed E-state index contributed by atoms with van der Waals surface area (Å²) >= 11 is 0. The van der Waals surface area contributed by atoms with Crippen molar-refractivity contribution in [3.8, 4) is 23.7 Å². The molecule has 2 rings (SSSR count). The normalized spacial score (nSPS) is 9.79. The molecule has 0 N–H and O–H groups in total. The molecule has 0 saturated carbocycles. The van der Waals surface area contributed by atoms with Crippen molar-refractivity contribution in [2.24, 2.45) is 0 Å². The molecule has 2 aromatic carbocycles. The van der Waals surface area contributed by atoms with E-state index in [2.05, 4.69) is 47.9 Å². The van der Waals surface area contributed by atoms with Crippen LogP contribution in [0.4, 0.5) is 0 Å². The van der Waals surface area contributed by atoms with Gasteiger partial charge in [0.1, 0.15) is 5.41 Å². The first kappa shape index (κ1) is 13.0. The van der Waals surface area contributed by atoms with Gasteiger partial charge in [-0.3, -0.25) is 0 Å². The van der Waals surface area contributed by atoms with Gasteiger partial charge in [-0.15, -0.1) is 11.8 Å². The molecule has 0 aliphatic rings. The van der Waals surface area contributed by atoms with Gasteiger partial charge in [-0.25, -0.2) is 0 Å².